The van der Waals surface area contributed by atoms with Crippen molar-refractivity contribution < 1.29 is 40.8 Å². The second-order valence-electron chi connectivity index (χ2n) is 7.52. The average molecular weight is 655 g/mol. The van der Waals surface area contributed by atoms with Crippen LogP contribution in [-0.2, 0) is 31.0 Å². The molecule has 1 aromatic rings. The molecular weight excluding hydrogens is 640 g/mol. The van der Waals surface area contributed by atoms with Gasteiger partial charge in [0.1, 0.15) is 5.75 Å². The van der Waals surface area contributed by atoms with Crippen molar-refractivity contribution in [3.63, 3.8) is 0 Å². The number of ether oxygens (including phenoxy) is 3. The third kappa shape index (κ3) is 3.87. The van der Waals surface area contributed by atoms with Gasteiger partial charge in [-0.2, -0.15) is 8.78 Å². The average Bonchev–Trinajstić information content (AvgIpc) is 3.18. The zero-order valence-electron chi connectivity index (χ0n) is 14.7. The fourth-order valence-corrected chi connectivity index (χ4v) is 6.68. The van der Waals surface area contributed by atoms with Gasteiger partial charge in [0.25, 0.3) is 0 Å². The van der Waals surface area contributed by atoms with Crippen molar-refractivity contribution in [1.29, 1.82) is 0 Å². The van der Waals surface area contributed by atoms with E-state index in [2.05, 4.69) is 49.9 Å². The first-order chi connectivity index (χ1) is 13.4. The number of alkyl halides is 2. The number of halogens is 4. The molecule has 3 aliphatic rings. The number of hydrogen-bond donors (Lipinski definition) is 0. The van der Waals surface area contributed by atoms with E-state index in [9.17, 15) is 26.5 Å². The van der Waals surface area contributed by atoms with Crippen LogP contribution in [-0.4, -0.2) is 36.6 Å². The number of fused-ring (bicyclic) bond motifs is 4. The van der Waals surface area contributed by atoms with Crippen molar-refractivity contribution >= 4 is 61.3 Å². The van der Waals surface area contributed by atoms with Gasteiger partial charge in [0.2, 0.25) is 5.79 Å². The first-order valence-corrected chi connectivity index (χ1v) is 12.3. The topological polar surface area (TPSA) is 102 Å². The number of esters is 1. The van der Waals surface area contributed by atoms with Crippen molar-refractivity contribution in [2.75, 3.05) is 6.61 Å². The summed E-state index contributed by atoms with van der Waals surface area (Å²) in [6.45, 7) is -1.39. The quantitative estimate of drug-likeness (QED) is 0.279. The van der Waals surface area contributed by atoms with Crippen molar-refractivity contribution in [1.82, 2.24) is 0 Å². The van der Waals surface area contributed by atoms with E-state index in [4.69, 9.17) is 9.47 Å². The van der Waals surface area contributed by atoms with Gasteiger partial charge in [-0.1, -0.05) is 0 Å². The van der Waals surface area contributed by atoms with Crippen LogP contribution in [0.1, 0.15) is 24.8 Å². The molecule has 29 heavy (non-hydrogen) atoms. The van der Waals surface area contributed by atoms with Crippen LogP contribution in [0, 0.1) is 24.9 Å². The number of benzene rings is 1. The van der Waals surface area contributed by atoms with Gasteiger partial charge in [0, 0.05) is 21.5 Å². The monoisotopic (exact) mass is 655 g/mol. The van der Waals surface area contributed by atoms with E-state index in [-0.39, 0.29) is 11.8 Å². The van der Waals surface area contributed by atoms with Crippen LogP contribution < -0.4 is 4.74 Å². The zero-order valence-corrected chi connectivity index (χ0v) is 19.8. The van der Waals surface area contributed by atoms with Crippen LogP contribution in [0.4, 0.5) is 8.78 Å². The van der Waals surface area contributed by atoms with E-state index in [1.165, 1.54) is 0 Å². The Labute approximate surface area is 192 Å². The van der Waals surface area contributed by atoms with E-state index >= 15 is 0 Å². The van der Waals surface area contributed by atoms with Crippen molar-refractivity contribution in [2.24, 2.45) is 17.8 Å². The van der Waals surface area contributed by atoms with Gasteiger partial charge in [-0.15, -0.1) is 0 Å². The lowest BCUT2D eigenvalue weighted by molar-refractivity contribution is -0.238. The van der Waals surface area contributed by atoms with Gasteiger partial charge in [-0.3, -0.25) is 4.79 Å². The van der Waals surface area contributed by atoms with Crippen LogP contribution >= 0.6 is 45.2 Å². The van der Waals surface area contributed by atoms with Gasteiger partial charge < -0.3 is 18.8 Å². The Hall–Kier alpha value is -0.320. The molecule has 1 aliphatic heterocycles. The molecule has 0 amide bonds. The normalized spacial score (nSPS) is 30.9. The molecule has 1 spiro atoms. The Balaban J connectivity index is 1.43. The van der Waals surface area contributed by atoms with Crippen LogP contribution in [0.3, 0.4) is 0 Å². The standard InChI is InChI=1S/C17H16F2I2O7S/c18-17(19,29(23,24)25)7-26-15(22)12-3-10-1-8(12)5-16(10)27-6-9-2-11(20)4-13(21)14(9)28-16/h2,4,8,10,12H,1,3,5-7H2,(H,23,24,25)/p-1. The van der Waals surface area contributed by atoms with Crippen molar-refractivity contribution in [2.45, 2.75) is 36.9 Å². The summed E-state index contributed by atoms with van der Waals surface area (Å²) in [4.78, 5) is 12.2. The van der Waals surface area contributed by atoms with E-state index in [0.717, 1.165) is 18.5 Å². The summed E-state index contributed by atoms with van der Waals surface area (Å²) < 4.78 is 76.9. The minimum Gasteiger partial charge on any atom is -0.743 e. The molecule has 12 heteroatoms. The highest BCUT2D eigenvalue weighted by Crippen LogP contribution is 2.58. The van der Waals surface area contributed by atoms with Gasteiger partial charge in [-0.05, 0) is 76.1 Å². The Morgan fingerprint density at radius 1 is 1.34 bits per heavy atom. The van der Waals surface area contributed by atoms with Crippen LogP contribution in [0.2, 0.25) is 0 Å². The molecule has 4 unspecified atom stereocenters. The van der Waals surface area contributed by atoms with Gasteiger partial charge >= 0.3 is 11.2 Å². The van der Waals surface area contributed by atoms with E-state index in [1.54, 1.807) is 0 Å². The van der Waals surface area contributed by atoms with Crippen LogP contribution in [0.15, 0.2) is 12.1 Å². The molecule has 1 aromatic carbocycles. The van der Waals surface area contributed by atoms with E-state index < -0.39 is 39.7 Å². The smallest absolute Gasteiger partial charge is 0.367 e. The number of carbonyl (C=O) groups is 1. The zero-order chi connectivity index (χ0) is 21.2. The van der Waals surface area contributed by atoms with Crippen molar-refractivity contribution in [3.8, 4) is 5.75 Å². The predicted molar refractivity (Wildman–Crippen MR) is 110 cm³/mol. The number of rotatable bonds is 4. The number of hydrogen-bond acceptors (Lipinski definition) is 7. The molecule has 2 aliphatic carbocycles. The molecule has 2 fully saturated rings. The van der Waals surface area contributed by atoms with Crippen molar-refractivity contribution in [3.05, 3.63) is 24.8 Å². The lowest BCUT2D eigenvalue weighted by Gasteiger charge is -2.43. The fourth-order valence-electron chi connectivity index (χ4n) is 4.40. The SMILES string of the molecule is O=C(OCC(F)(F)S(=O)(=O)[O-])C1CC2CC1CC21OCc2cc(I)cc(I)c2O1. The minimum absolute atomic E-state index is 0.114. The first kappa shape index (κ1) is 21.9. The summed E-state index contributed by atoms with van der Waals surface area (Å²) in [6, 6.07) is 3.99. The highest BCUT2D eigenvalue weighted by atomic mass is 127. The predicted octanol–water partition coefficient (Wildman–Crippen LogP) is 3.23. The van der Waals surface area contributed by atoms with E-state index in [0.29, 0.717) is 25.9 Å². The lowest BCUT2D eigenvalue weighted by atomic mass is 9.84. The second kappa shape index (κ2) is 7.38. The number of carbonyl (C=O) groups excluding carboxylic acids is 1. The molecule has 0 radical (unpaired) electrons. The highest BCUT2D eigenvalue weighted by Gasteiger charge is 2.61. The molecule has 4 rings (SSSR count). The van der Waals surface area contributed by atoms with Gasteiger partial charge in [0.15, 0.2) is 16.7 Å². The fraction of sp³-hybridized carbons (Fsp3) is 0.588. The molecule has 0 N–H and O–H groups in total. The highest BCUT2D eigenvalue weighted by molar-refractivity contribution is 14.1. The molecule has 4 atom stereocenters. The molecule has 1 heterocycles. The molecule has 160 valence electrons. The Kier molecular flexibility index (Phi) is 5.57. The van der Waals surface area contributed by atoms with Gasteiger partial charge in [0.05, 0.1) is 16.1 Å². The summed E-state index contributed by atoms with van der Waals surface area (Å²) >= 11 is 4.42. The minimum atomic E-state index is -5.89. The molecule has 7 nitrogen and oxygen atoms in total. The maximum absolute atomic E-state index is 13.2. The summed E-state index contributed by atoms with van der Waals surface area (Å²) in [5.74, 6) is -1.96. The summed E-state index contributed by atoms with van der Waals surface area (Å²) in [7, 11) is -5.89. The molecule has 0 saturated heterocycles. The summed E-state index contributed by atoms with van der Waals surface area (Å²) in [6.07, 6.45) is 1.36. The third-order valence-electron chi connectivity index (χ3n) is 5.75. The van der Waals surface area contributed by atoms with E-state index in [1.807, 2.05) is 12.1 Å². The Morgan fingerprint density at radius 3 is 2.69 bits per heavy atom. The first-order valence-electron chi connectivity index (χ1n) is 8.73. The second-order valence-corrected chi connectivity index (χ2v) is 11.4. The maximum Gasteiger partial charge on any atom is 0.367 e. The summed E-state index contributed by atoms with van der Waals surface area (Å²) in [5, 5.41) is -4.64. The summed E-state index contributed by atoms with van der Waals surface area (Å²) in [5.41, 5.74) is 0.951. The van der Waals surface area contributed by atoms with Crippen LogP contribution in [0.5, 0.6) is 5.75 Å². The van der Waals surface area contributed by atoms with Crippen LogP contribution in [0.25, 0.3) is 0 Å². The maximum atomic E-state index is 13.2. The molecular formula is C17H15F2I2O7S-. The Morgan fingerprint density at radius 2 is 2.07 bits per heavy atom. The molecule has 2 bridgehead atoms. The Bertz CT molecular complexity index is 971. The lowest BCUT2D eigenvalue weighted by Crippen LogP contribution is -2.49. The van der Waals surface area contributed by atoms with Gasteiger partial charge in [-0.25, -0.2) is 8.42 Å². The molecule has 2 saturated carbocycles. The third-order valence-corrected chi connectivity index (χ3v) is 8.02. The molecule has 0 aromatic heterocycles. The largest absolute Gasteiger partial charge is 0.743 e.